The molecule has 2 aromatic carbocycles. The number of rotatable bonds is 3. The lowest BCUT2D eigenvalue weighted by Crippen LogP contribution is -2.42. The second-order valence-corrected chi connectivity index (χ2v) is 11.0. The van der Waals surface area contributed by atoms with Gasteiger partial charge in [0.25, 0.3) is 5.91 Å². The predicted molar refractivity (Wildman–Crippen MR) is 120 cm³/mol. The van der Waals surface area contributed by atoms with Gasteiger partial charge in [-0.2, -0.15) is 9.30 Å². The Hall–Kier alpha value is -2.69. The van der Waals surface area contributed by atoms with E-state index in [-0.39, 0.29) is 24.1 Å². The molecule has 0 bridgehead atoms. The average molecular weight is 474 g/mol. The first-order chi connectivity index (χ1) is 15.3. The number of aryl methyl sites for hydroxylation is 2. The van der Waals surface area contributed by atoms with Crippen LogP contribution in [0.4, 0.5) is 0 Å². The summed E-state index contributed by atoms with van der Waals surface area (Å²) < 4.78 is 41.2. The highest BCUT2D eigenvalue weighted by molar-refractivity contribution is 7.89. The van der Waals surface area contributed by atoms with Crippen LogP contribution in [0.1, 0.15) is 18.4 Å². The van der Waals surface area contributed by atoms with Crippen molar-refractivity contribution < 1.29 is 22.7 Å². The van der Waals surface area contributed by atoms with E-state index in [0.717, 1.165) is 15.8 Å². The number of piperidine rings is 1. The van der Waals surface area contributed by atoms with Crippen molar-refractivity contribution >= 4 is 37.5 Å². The molecule has 32 heavy (non-hydrogen) atoms. The molecule has 168 valence electrons. The third kappa shape index (κ3) is 3.72. The monoisotopic (exact) mass is 473 g/mol. The van der Waals surface area contributed by atoms with E-state index in [1.165, 1.54) is 15.6 Å². The summed E-state index contributed by atoms with van der Waals surface area (Å²) in [5.41, 5.74) is 1.90. The average Bonchev–Trinajstić information content (AvgIpc) is 3.36. The summed E-state index contributed by atoms with van der Waals surface area (Å²) in [6.07, 6.45) is 1.24. The molecule has 1 fully saturated rings. The maximum Gasteiger partial charge on any atom is 0.252 e. The standard InChI is InChI=1S/C22H23N3O5S2/c1-14-5-7-16(8-6-14)32(27,28)25-9-3-4-15(12-25)21(26)23-22-24(2)17-10-18-19(30-13-29-18)11-20(17)31-22/h5-8,10-11,15H,3-4,9,12-13H2,1-2H3. The van der Waals surface area contributed by atoms with Gasteiger partial charge in [-0.25, -0.2) is 8.42 Å². The second-order valence-electron chi connectivity index (χ2n) is 8.08. The number of benzene rings is 2. The minimum absolute atomic E-state index is 0.142. The van der Waals surface area contributed by atoms with Gasteiger partial charge in [0.15, 0.2) is 16.3 Å². The zero-order valence-corrected chi connectivity index (χ0v) is 19.4. The molecule has 2 aliphatic heterocycles. The van der Waals surface area contributed by atoms with Crippen molar-refractivity contribution in [1.29, 1.82) is 0 Å². The molecule has 1 amide bonds. The molecule has 0 N–H and O–H groups in total. The fourth-order valence-corrected chi connectivity index (χ4v) is 6.59. The third-order valence-corrected chi connectivity index (χ3v) is 8.88. The van der Waals surface area contributed by atoms with Crippen molar-refractivity contribution in [2.24, 2.45) is 18.0 Å². The number of hydrogen-bond donors (Lipinski definition) is 0. The molecule has 0 saturated carbocycles. The number of hydrogen-bond acceptors (Lipinski definition) is 6. The van der Waals surface area contributed by atoms with Crippen molar-refractivity contribution in [3.8, 4) is 11.5 Å². The first-order valence-corrected chi connectivity index (χ1v) is 12.6. The number of carbonyl (C=O) groups is 1. The number of thiazole rings is 1. The van der Waals surface area contributed by atoms with Crippen molar-refractivity contribution in [3.63, 3.8) is 0 Å². The van der Waals surface area contributed by atoms with Gasteiger partial charge in [-0.3, -0.25) is 4.79 Å². The quantitative estimate of drug-likeness (QED) is 0.584. The van der Waals surface area contributed by atoms with E-state index in [1.807, 2.05) is 30.7 Å². The van der Waals surface area contributed by atoms with E-state index in [4.69, 9.17) is 9.47 Å². The molecule has 3 aromatic rings. The molecule has 8 nitrogen and oxygen atoms in total. The predicted octanol–water partition coefficient (Wildman–Crippen LogP) is 2.81. The number of carbonyl (C=O) groups excluding carboxylic acids is 1. The van der Waals surface area contributed by atoms with Gasteiger partial charge in [0.2, 0.25) is 16.8 Å². The van der Waals surface area contributed by atoms with Crippen LogP contribution in [-0.4, -0.2) is 43.1 Å². The maximum absolute atomic E-state index is 13.1. The van der Waals surface area contributed by atoms with Gasteiger partial charge >= 0.3 is 0 Å². The summed E-state index contributed by atoms with van der Waals surface area (Å²) in [6, 6.07) is 10.6. The van der Waals surface area contributed by atoms with E-state index in [1.54, 1.807) is 24.3 Å². The van der Waals surface area contributed by atoms with E-state index >= 15 is 0 Å². The Morgan fingerprint density at radius 2 is 1.88 bits per heavy atom. The van der Waals surface area contributed by atoms with Gasteiger partial charge < -0.3 is 14.0 Å². The van der Waals surface area contributed by atoms with E-state index in [9.17, 15) is 13.2 Å². The Balaban J connectivity index is 1.40. The summed E-state index contributed by atoms with van der Waals surface area (Å²) in [4.78, 5) is 18.2. The largest absolute Gasteiger partial charge is 0.454 e. The highest BCUT2D eigenvalue weighted by Crippen LogP contribution is 2.36. The molecule has 1 atom stereocenters. The molecule has 5 rings (SSSR count). The molecule has 10 heteroatoms. The number of fused-ring (bicyclic) bond motifs is 2. The van der Waals surface area contributed by atoms with Crippen LogP contribution < -0.4 is 14.3 Å². The Labute approximate surface area is 189 Å². The van der Waals surface area contributed by atoms with Gasteiger partial charge in [-0.05, 0) is 31.9 Å². The fourth-order valence-electron chi connectivity index (χ4n) is 4.03. The molecule has 0 radical (unpaired) electrons. The summed E-state index contributed by atoms with van der Waals surface area (Å²) in [5.74, 6) is 0.594. The Bertz CT molecular complexity index is 1370. The minimum atomic E-state index is -3.64. The first-order valence-electron chi connectivity index (χ1n) is 10.4. The van der Waals surface area contributed by atoms with Crippen LogP contribution in [0, 0.1) is 12.8 Å². The molecule has 2 aliphatic rings. The molecular weight excluding hydrogens is 450 g/mol. The number of ether oxygens (including phenoxy) is 2. The highest BCUT2D eigenvalue weighted by atomic mass is 32.2. The van der Waals surface area contributed by atoms with Crippen molar-refractivity contribution in [2.75, 3.05) is 19.9 Å². The van der Waals surface area contributed by atoms with Crippen LogP contribution in [0.5, 0.6) is 11.5 Å². The Kier molecular flexibility index (Phi) is 5.31. The van der Waals surface area contributed by atoms with Crippen molar-refractivity contribution in [1.82, 2.24) is 8.87 Å². The Morgan fingerprint density at radius 1 is 1.16 bits per heavy atom. The normalized spacial score (nSPS) is 19.6. The van der Waals surface area contributed by atoms with Crippen LogP contribution in [0.2, 0.25) is 0 Å². The lowest BCUT2D eigenvalue weighted by atomic mass is 9.99. The topological polar surface area (TPSA) is 90.2 Å². The summed E-state index contributed by atoms with van der Waals surface area (Å²) in [7, 11) is -1.79. The van der Waals surface area contributed by atoms with Crippen LogP contribution in [0.3, 0.4) is 0 Å². The van der Waals surface area contributed by atoms with Crippen molar-refractivity contribution in [3.05, 3.63) is 46.8 Å². The molecule has 1 saturated heterocycles. The van der Waals surface area contributed by atoms with Crippen LogP contribution in [0.25, 0.3) is 10.2 Å². The zero-order chi connectivity index (χ0) is 22.5. The van der Waals surface area contributed by atoms with E-state index in [2.05, 4.69) is 4.99 Å². The molecule has 0 aliphatic carbocycles. The Morgan fingerprint density at radius 3 is 2.62 bits per heavy atom. The van der Waals surface area contributed by atoms with Gasteiger partial charge in [0.1, 0.15) is 0 Å². The third-order valence-electron chi connectivity index (χ3n) is 5.90. The molecular formula is C22H23N3O5S2. The number of amides is 1. The van der Waals surface area contributed by atoms with E-state index < -0.39 is 15.9 Å². The highest BCUT2D eigenvalue weighted by Gasteiger charge is 2.33. The van der Waals surface area contributed by atoms with Gasteiger partial charge in [0, 0.05) is 32.3 Å². The van der Waals surface area contributed by atoms with Gasteiger partial charge in [0.05, 0.1) is 21.0 Å². The summed E-state index contributed by atoms with van der Waals surface area (Å²) in [5, 5.41) is 0. The minimum Gasteiger partial charge on any atom is -0.454 e. The first kappa shape index (κ1) is 21.2. The smallest absolute Gasteiger partial charge is 0.252 e. The molecule has 3 heterocycles. The lowest BCUT2D eigenvalue weighted by Gasteiger charge is -2.30. The fraction of sp³-hybridized carbons (Fsp3) is 0.364. The zero-order valence-electron chi connectivity index (χ0n) is 17.8. The number of aromatic nitrogens is 1. The maximum atomic E-state index is 13.1. The number of sulfonamides is 1. The summed E-state index contributed by atoms with van der Waals surface area (Å²) in [6.45, 7) is 2.66. The molecule has 1 aromatic heterocycles. The van der Waals surface area contributed by atoms with Crippen molar-refractivity contribution in [2.45, 2.75) is 24.7 Å². The van der Waals surface area contributed by atoms with Crippen LogP contribution in [0.15, 0.2) is 46.3 Å². The molecule has 1 unspecified atom stereocenters. The van der Waals surface area contributed by atoms with Gasteiger partial charge in [-0.15, -0.1) is 0 Å². The SMILES string of the molecule is Cc1ccc(S(=O)(=O)N2CCCC(C(=O)N=c3sc4cc5c(cc4n3C)OCO5)C2)cc1. The second kappa shape index (κ2) is 8.02. The number of nitrogens with zero attached hydrogens (tertiary/aromatic N) is 3. The lowest BCUT2D eigenvalue weighted by molar-refractivity contribution is -0.122. The van der Waals surface area contributed by atoms with E-state index in [0.29, 0.717) is 35.7 Å². The van der Waals surface area contributed by atoms with Crippen LogP contribution in [-0.2, 0) is 21.9 Å². The van der Waals surface area contributed by atoms with Crippen LogP contribution >= 0.6 is 11.3 Å². The summed E-state index contributed by atoms with van der Waals surface area (Å²) >= 11 is 1.39. The van der Waals surface area contributed by atoms with Gasteiger partial charge in [-0.1, -0.05) is 29.0 Å². The molecule has 0 spiro atoms.